The Balaban J connectivity index is 1.80. The van der Waals surface area contributed by atoms with Crippen molar-refractivity contribution in [2.75, 3.05) is 11.9 Å². The molecule has 0 fully saturated rings. The summed E-state index contributed by atoms with van der Waals surface area (Å²) >= 11 is 3.44. The van der Waals surface area contributed by atoms with Crippen LogP contribution in [-0.2, 0) is 11.2 Å². The summed E-state index contributed by atoms with van der Waals surface area (Å²) in [5.41, 5.74) is 2.62. The molecule has 3 aromatic rings. The molecule has 3 rings (SSSR count). The lowest BCUT2D eigenvalue weighted by molar-refractivity contribution is 0.161. The molecule has 0 aliphatic heterocycles. The fraction of sp³-hybridized carbons (Fsp3) is 0.190. The molecule has 1 amide bonds. The summed E-state index contributed by atoms with van der Waals surface area (Å²) in [6, 6.07) is 16.5. The van der Waals surface area contributed by atoms with Crippen molar-refractivity contribution in [3.05, 3.63) is 86.7 Å². The molecule has 0 aliphatic rings. The predicted molar refractivity (Wildman–Crippen MR) is 112 cm³/mol. The van der Waals surface area contributed by atoms with Crippen molar-refractivity contribution in [2.45, 2.75) is 19.8 Å². The van der Waals surface area contributed by atoms with Gasteiger partial charge in [-0.25, -0.2) is 9.48 Å². The first-order chi connectivity index (χ1) is 13.5. The minimum Gasteiger partial charge on any atom is -0.449 e. The molecule has 28 heavy (non-hydrogen) atoms. The van der Waals surface area contributed by atoms with Gasteiger partial charge < -0.3 is 4.74 Å². The van der Waals surface area contributed by atoms with Crippen LogP contribution in [0.25, 0.3) is 5.69 Å². The summed E-state index contributed by atoms with van der Waals surface area (Å²) in [5.74, 6) is 0. The number of anilines is 1. The van der Waals surface area contributed by atoms with Crippen molar-refractivity contribution in [1.29, 1.82) is 0 Å². The zero-order valence-corrected chi connectivity index (χ0v) is 17.0. The molecule has 0 unspecified atom stereocenters. The van der Waals surface area contributed by atoms with E-state index in [2.05, 4.69) is 26.3 Å². The lowest BCUT2D eigenvalue weighted by Gasteiger charge is -2.09. The summed E-state index contributed by atoms with van der Waals surface area (Å²) in [4.78, 5) is 24.0. The normalized spacial score (nSPS) is 10.5. The van der Waals surface area contributed by atoms with Crippen molar-refractivity contribution in [1.82, 2.24) is 9.78 Å². The number of carbonyl (C=O) groups is 1. The standard InChI is InChI=1S/C21H20BrN3O3/c1-2-11-28-21(27)23-17-7-3-5-15(12-17)13-19-20(26)9-10-25(24-19)18-8-4-6-16(22)14-18/h3-10,12,14H,2,11,13H2,1H3,(H,23,27). The van der Waals surface area contributed by atoms with Gasteiger partial charge in [0.25, 0.3) is 0 Å². The minimum absolute atomic E-state index is 0.132. The van der Waals surface area contributed by atoms with E-state index in [4.69, 9.17) is 4.74 Å². The highest BCUT2D eigenvalue weighted by Gasteiger charge is 2.08. The van der Waals surface area contributed by atoms with E-state index in [0.717, 1.165) is 22.1 Å². The predicted octanol–water partition coefficient (Wildman–Crippen LogP) is 4.54. The number of amides is 1. The zero-order chi connectivity index (χ0) is 19.9. The molecular formula is C21H20BrN3O3. The third-order valence-electron chi connectivity index (χ3n) is 3.93. The lowest BCUT2D eigenvalue weighted by Crippen LogP contribution is -2.17. The Bertz CT molecular complexity index is 1030. The van der Waals surface area contributed by atoms with Crippen LogP contribution in [0.4, 0.5) is 10.5 Å². The van der Waals surface area contributed by atoms with Crippen molar-refractivity contribution >= 4 is 27.7 Å². The van der Waals surface area contributed by atoms with Crippen molar-refractivity contribution < 1.29 is 9.53 Å². The van der Waals surface area contributed by atoms with Gasteiger partial charge in [-0.05, 0) is 42.3 Å². The summed E-state index contributed by atoms with van der Waals surface area (Å²) < 4.78 is 7.63. The molecule has 2 aromatic carbocycles. The van der Waals surface area contributed by atoms with E-state index in [1.807, 2.05) is 49.4 Å². The molecule has 0 aliphatic carbocycles. The fourth-order valence-corrected chi connectivity index (χ4v) is 3.02. The van der Waals surface area contributed by atoms with Crippen LogP contribution >= 0.6 is 15.9 Å². The Morgan fingerprint density at radius 3 is 2.79 bits per heavy atom. The molecule has 7 heteroatoms. The van der Waals surface area contributed by atoms with Crippen molar-refractivity contribution in [3.63, 3.8) is 0 Å². The van der Waals surface area contributed by atoms with Gasteiger partial charge in [0.15, 0.2) is 0 Å². The monoisotopic (exact) mass is 441 g/mol. The Morgan fingerprint density at radius 1 is 1.18 bits per heavy atom. The number of nitrogens with one attached hydrogen (secondary N) is 1. The molecule has 0 atom stereocenters. The number of nitrogens with zero attached hydrogens (tertiary/aromatic N) is 2. The molecular weight excluding hydrogens is 422 g/mol. The minimum atomic E-state index is -0.492. The Labute approximate surface area is 171 Å². The van der Waals surface area contributed by atoms with Crippen LogP contribution in [-0.4, -0.2) is 22.5 Å². The molecule has 1 N–H and O–H groups in total. The van der Waals surface area contributed by atoms with Gasteiger partial charge >= 0.3 is 6.09 Å². The second kappa shape index (κ2) is 9.32. The molecule has 0 saturated heterocycles. The third kappa shape index (κ3) is 5.29. The topological polar surface area (TPSA) is 73.2 Å². The smallest absolute Gasteiger partial charge is 0.411 e. The Kier molecular flexibility index (Phi) is 6.60. The maximum Gasteiger partial charge on any atom is 0.411 e. The number of ether oxygens (including phenoxy) is 1. The first-order valence-corrected chi connectivity index (χ1v) is 9.72. The molecule has 6 nitrogen and oxygen atoms in total. The van der Waals surface area contributed by atoms with E-state index < -0.39 is 6.09 Å². The SMILES string of the molecule is CCCOC(=O)Nc1cccc(Cc2nn(-c3cccc(Br)c3)ccc2=O)c1. The largest absolute Gasteiger partial charge is 0.449 e. The van der Waals surface area contributed by atoms with Gasteiger partial charge in [-0.1, -0.05) is 41.1 Å². The van der Waals surface area contributed by atoms with Crippen LogP contribution in [0.2, 0.25) is 0 Å². The van der Waals surface area contributed by atoms with Crippen LogP contribution < -0.4 is 10.7 Å². The van der Waals surface area contributed by atoms with E-state index in [1.54, 1.807) is 16.9 Å². The number of hydrogen-bond acceptors (Lipinski definition) is 4. The summed E-state index contributed by atoms with van der Waals surface area (Å²) in [6.45, 7) is 2.30. The zero-order valence-electron chi connectivity index (χ0n) is 15.4. The maximum atomic E-state index is 12.3. The number of aromatic nitrogens is 2. The van der Waals surface area contributed by atoms with Crippen LogP contribution in [0, 0.1) is 0 Å². The highest BCUT2D eigenvalue weighted by molar-refractivity contribution is 9.10. The van der Waals surface area contributed by atoms with E-state index >= 15 is 0 Å². The van der Waals surface area contributed by atoms with Gasteiger partial charge in [-0.3, -0.25) is 10.1 Å². The van der Waals surface area contributed by atoms with Crippen molar-refractivity contribution in [3.8, 4) is 5.69 Å². The summed E-state index contributed by atoms with van der Waals surface area (Å²) in [6.07, 6.45) is 2.27. The van der Waals surface area contributed by atoms with E-state index in [-0.39, 0.29) is 5.43 Å². The van der Waals surface area contributed by atoms with E-state index in [0.29, 0.717) is 24.4 Å². The number of halogens is 1. The van der Waals surface area contributed by atoms with Crippen LogP contribution in [0.5, 0.6) is 0 Å². The highest BCUT2D eigenvalue weighted by Crippen LogP contribution is 2.16. The van der Waals surface area contributed by atoms with Crippen LogP contribution in [0.1, 0.15) is 24.6 Å². The average Bonchev–Trinajstić information content (AvgIpc) is 2.68. The van der Waals surface area contributed by atoms with Gasteiger partial charge in [-0.15, -0.1) is 0 Å². The van der Waals surface area contributed by atoms with E-state index in [1.165, 1.54) is 6.07 Å². The lowest BCUT2D eigenvalue weighted by atomic mass is 10.1. The maximum absolute atomic E-state index is 12.3. The van der Waals surface area contributed by atoms with Gasteiger partial charge in [0, 0.05) is 28.8 Å². The molecule has 1 heterocycles. The van der Waals surface area contributed by atoms with Gasteiger partial charge in [0.2, 0.25) is 5.43 Å². The third-order valence-corrected chi connectivity index (χ3v) is 4.43. The van der Waals surface area contributed by atoms with Crippen molar-refractivity contribution in [2.24, 2.45) is 0 Å². The molecule has 144 valence electrons. The molecule has 0 spiro atoms. The van der Waals surface area contributed by atoms with Gasteiger partial charge in [0.05, 0.1) is 12.3 Å². The molecule has 0 radical (unpaired) electrons. The van der Waals surface area contributed by atoms with Gasteiger partial charge in [-0.2, -0.15) is 5.10 Å². The number of benzene rings is 2. The second-order valence-corrected chi connectivity index (χ2v) is 7.10. The summed E-state index contributed by atoms with van der Waals surface area (Å²) in [5, 5.41) is 7.17. The van der Waals surface area contributed by atoms with Crippen LogP contribution in [0.3, 0.4) is 0 Å². The molecule has 0 saturated carbocycles. The first kappa shape index (κ1) is 19.8. The quantitative estimate of drug-likeness (QED) is 0.608. The fourth-order valence-electron chi connectivity index (χ4n) is 2.63. The average molecular weight is 442 g/mol. The Hall–Kier alpha value is -2.93. The highest BCUT2D eigenvalue weighted by atomic mass is 79.9. The summed E-state index contributed by atoms with van der Waals surface area (Å²) in [7, 11) is 0. The first-order valence-electron chi connectivity index (χ1n) is 8.92. The number of rotatable bonds is 6. The number of hydrogen-bond donors (Lipinski definition) is 1. The molecule has 1 aromatic heterocycles. The van der Waals surface area contributed by atoms with E-state index in [9.17, 15) is 9.59 Å². The Morgan fingerprint density at radius 2 is 2.00 bits per heavy atom. The second-order valence-electron chi connectivity index (χ2n) is 6.19. The molecule has 0 bridgehead atoms. The van der Waals surface area contributed by atoms with Gasteiger partial charge in [0.1, 0.15) is 5.69 Å². The number of carbonyl (C=O) groups excluding carboxylic acids is 1. The van der Waals surface area contributed by atoms with Crippen LogP contribution in [0.15, 0.2) is 70.1 Å².